The molecule has 1 atom stereocenters. The van der Waals surface area contributed by atoms with Gasteiger partial charge in [-0.2, -0.15) is 0 Å². The monoisotopic (exact) mass is 355 g/mol. The first-order valence-electron chi connectivity index (χ1n) is 9.11. The molecular formula is C22H29NO3. The fourth-order valence-corrected chi connectivity index (χ4v) is 2.87. The number of hydrogen-bond donors (Lipinski definition) is 1. The summed E-state index contributed by atoms with van der Waals surface area (Å²) in [4.78, 5) is 12.3. The number of ether oxygens (including phenoxy) is 2. The van der Waals surface area contributed by atoms with Gasteiger partial charge in [0.05, 0.1) is 13.2 Å². The predicted molar refractivity (Wildman–Crippen MR) is 105 cm³/mol. The minimum Gasteiger partial charge on any atom is -0.496 e. The maximum atomic E-state index is 12.3. The van der Waals surface area contributed by atoms with Crippen molar-refractivity contribution in [3.8, 4) is 11.5 Å². The van der Waals surface area contributed by atoms with E-state index in [9.17, 15) is 4.79 Å². The SMILES string of the molecule is CCC(NC(=O)COc1ccc(C(C)C)cc1)c1ccc(OC)c(C)c1. The van der Waals surface area contributed by atoms with E-state index in [-0.39, 0.29) is 18.6 Å². The molecule has 0 saturated carbocycles. The first-order chi connectivity index (χ1) is 12.4. The van der Waals surface area contributed by atoms with Gasteiger partial charge in [-0.05, 0) is 54.2 Å². The average molecular weight is 355 g/mol. The number of benzene rings is 2. The first-order valence-corrected chi connectivity index (χ1v) is 9.11. The highest BCUT2D eigenvalue weighted by Crippen LogP contribution is 2.24. The van der Waals surface area contributed by atoms with Crippen molar-refractivity contribution >= 4 is 5.91 Å². The number of aryl methyl sites for hydroxylation is 1. The lowest BCUT2D eigenvalue weighted by Crippen LogP contribution is -2.32. The van der Waals surface area contributed by atoms with Crippen molar-refractivity contribution in [2.45, 2.75) is 46.1 Å². The standard InChI is InChI=1S/C22H29NO3/c1-6-20(18-9-12-21(25-5)16(4)13-18)23-22(24)14-26-19-10-7-17(8-11-19)15(2)3/h7-13,15,20H,6,14H2,1-5H3,(H,23,24). The summed E-state index contributed by atoms with van der Waals surface area (Å²) in [6.45, 7) is 8.35. The second-order valence-electron chi connectivity index (χ2n) is 6.77. The Morgan fingerprint density at radius 2 is 1.73 bits per heavy atom. The van der Waals surface area contributed by atoms with Gasteiger partial charge < -0.3 is 14.8 Å². The second kappa shape index (κ2) is 9.27. The Morgan fingerprint density at radius 1 is 1.08 bits per heavy atom. The average Bonchev–Trinajstić information content (AvgIpc) is 2.64. The van der Waals surface area contributed by atoms with Crippen molar-refractivity contribution in [3.63, 3.8) is 0 Å². The molecule has 0 aromatic heterocycles. The fourth-order valence-electron chi connectivity index (χ4n) is 2.87. The van der Waals surface area contributed by atoms with E-state index in [4.69, 9.17) is 9.47 Å². The van der Waals surface area contributed by atoms with Crippen LogP contribution in [0.15, 0.2) is 42.5 Å². The van der Waals surface area contributed by atoms with Crippen molar-refractivity contribution in [2.75, 3.05) is 13.7 Å². The van der Waals surface area contributed by atoms with Gasteiger partial charge in [-0.25, -0.2) is 0 Å². The summed E-state index contributed by atoms with van der Waals surface area (Å²) in [5.41, 5.74) is 3.38. The lowest BCUT2D eigenvalue weighted by atomic mass is 10.0. The topological polar surface area (TPSA) is 47.6 Å². The molecule has 0 spiro atoms. The van der Waals surface area contributed by atoms with Crippen LogP contribution in [0, 0.1) is 6.92 Å². The number of rotatable bonds is 8. The predicted octanol–water partition coefficient (Wildman–Crippen LogP) is 4.77. The highest BCUT2D eigenvalue weighted by Gasteiger charge is 2.14. The van der Waals surface area contributed by atoms with Crippen molar-refractivity contribution in [1.82, 2.24) is 5.32 Å². The van der Waals surface area contributed by atoms with Crippen LogP contribution in [-0.2, 0) is 4.79 Å². The van der Waals surface area contributed by atoms with Gasteiger partial charge in [0.25, 0.3) is 5.91 Å². The maximum Gasteiger partial charge on any atom is 0.258 e. The summed E-state index contributed by atoms with van der Waals surface area (Å²) < 4.78 is 10.9. The van der Waals surface area contributed by atoms with Crippen LogP contribution in [-0.4, -0.2) is 19.6 Å². The van der Waals surface area contributed by atoms with Crippen molar-refractivity contribution < 1.29 is 14.3 Å². The van der Waals surface area contributed by atoms with Gasteiger partial charge >= 0.3 is 0 Å². The largest absolute Gasteiger partial charge is 0.496 e. The third kappa shape index (κ3) is 5.25. The Morgan fingerprint density at radius 3 is 2.27 bits per heavy atom. The van der Waals surface area contributed by atoms with Crippen molar-refractivity contribution in [3.05, 3.63) is 59.2 Å². The highest BCUT2D eigenvalue weighted by atomic mass is 16.5. The molecule has 140 valence electrons. The summed E-state index contributed by atoms with van der Waals surface area (Å²) in [6.07, 6.45) is 0.806. The molecule has 1 unspecified atom stereocenters. The van der Waals surface area contributed by atoms with E-state index >= 15 is 0 Å². The molecule has 0 aliphatic rings. The van der Waals surface area contributed by atoms with Gasteiger partial charge in [-0.3, -0.25) is 4.79 Å². The molecule has 0 heterocycles. The second-order valence-corrected chi connectivity index (χ2v) is 6.77. The molecule has 0 aliphatic carbocycles. The molecule has 4 heteroatoms. The van der Waals surface area contributed by atoms with Gasteiger partial charge in [0, 0.05) is 0 Å². The van der Waals surface area contributed by atoms with Crippen LogP contribution >= 0.6 is 0 Å². The minimum absolute atomic E-state index is 0.00661. The molecule has 1 amide bonds. The van der Waals surface area contributed by atoms with Gasteiger partial charge in [0.15, 0.2) is 6.61 Å². The van der Waals surface area contributed by atoms with Gasteiger partial charge in [0.2, 0.25) is 0 Å². The lowest BCUT2D eigenvalue weighted by molar-refractivity contribution is -0.123. The van der Waals surface area contributed by atoms with Crippen LogP contribution < -0.4 is 14.8 Å². The molecule has 1 N–H and O–H groups in total. The van der Waals surface area contributed by atoms with Crippen LogP contribution in [0.2, 0.25) is 0 Å². The maximum absolute atomic E-state index is 12.3. The third-order valence-electron chi connectivity index (χ3n) is 4.48. The zero-order chi connectivity index (χ0) is 19.1. The Balaban J connectivity index is 1.93. The smallest absolute Gasteiger partial charge is 0.258 e. The van der Waals surface area contributed by atoms with Crippen LogP contribution in [0.4, 0.5) is 0 Å². The van der Waals surface area contributed by atoms with Crippen LogP contribution in [0.1, 0.15) is 55.8 Å². The number of carbonyl (C=O) groups is 1. The zero-order valence-electron chi connectivity index (χ0n) is 16.3. The zero-order valence-corrected chi connectivity index (χ0v) is 16.3. The first kappa shape index (κ1) is 19.8. The number of amides is 1. The summed E-state index contributed by atoms with van der Waals surface area (Å²) in [7, 11) is 1.66. The Hall–Kier alpha value is -2.49. The number of carbonyl (C=O) groups excluding carboxylic acids is 1. The summed E-state index contributed by atoms with van der Waals surface area (Å²) in [5, 5.41) is 3.04. The Kier molecular flexibility index (Phi) is 7.07. The number of hydrogen-bond acceptors (Lipinski definition) is 3. The molecule has 4 nitrogen and oxygen atoms in total. The third-order valence-corrected chi connectivity index (χ3v) is 4.48. The van der Waals surface area contributed by atoms with E-state index in [0.29, 0.717) is 11.7 Å². The van der Waals surface area contributed by atoms with Crippen LogP contribution in [0.5, 0.6) is 11.5 Å². The molecule has 0 radical (unpaired) electrons. The molecule has 2 aromatic carbocycles. The van der Waals surface area contributed by atoms with Gasteiger partial charge in [-0.15, -0.1) is 0 Å². The number of nitrogens with one attached hydrogen (secondary N) is 1. The summed E-state index contributed by atoms with van der Waals surface area (Å²) in [5.74, 6) is 1.91. The molecule has 26 heavy (non-hydrogen) atoms. The summed E-state index contributed by atoms with van der Waals surface area (Å²) >= 11 is 0. The molecule has 2 aromatic rings. The highest BCUT2D eigenvalue weighted by molar-refractivity contribution is 5.78. The van der Waals surface area contributed by atoms with E-state index < -0.39 is 0 Å². The van der Waals surface area contributed by atoms with Crippen molar-refractivity contribution in [1.29, 1.82) is 0 Å². The molecular weight excluding hydrogens is 326 g/mol. The fraction of sp³-hybridized carbons (Fsp3) is 0.409. The molecule has 0 aliphatic heterocycles. The van der Waals surface area contributed by atoms with Gasteiger partial charge in [0.1, 0.15) is 11.5 Å². The van der Waals surface area contributed by atoms with E-state index in [1.165, 1.54) is 5.56 Å². The van der Waals surface area contributed by atoms with E-state index in [0.717, 1.165) is 23.3 Å². The minimum atomic E-state index is -0.127. The van der Waals surface area contributed by atoms with Crippen LogP contribution in [0.3, 0.4) is 0 Å². The quantitative estimate of drug-likeness (QED) is 0.742. The van der Waals surface area contributed by atoms with E-state index in [1.54, 1.807) is 7.11 Å². The molecule has 0 saturated heterocycles. The molecule has 0 fully saturated rings. The Bertz CT molecular complexity index is 723. The molecule has 2 rings (SSSR count). The number of methoxy groups -OCH3 is 1. The molecule has 0 bridgehead atoms. The normalized spacial score (nSPS) is 11.9. The lowest BCUT2D eigenvalue weighted by Gasteiger charge is -2.19. The van der Waals surface area contributed by atoms with Gasteiger partial charge in [-0.1, -0.05) is 45.0 Å². The van der Waals surface area contributed by atoms with Crippen LogP contribution in [0.25, 0.3) is 0 Å². The Labute approximate surface area is 156 Å². The van der Waals surface area contributed by atoms with E-state index in [2.05, 4.69) is 32.2 Å². The summed E-state index contributed by atoms with van der Waals surface area (Å²) in [6, 6.07) is 13.8. The van der Waals surface area contributed by atoms with E-state index in [1.807, 2.05) is 43.3 Å². The van der Waals surface area contributed by atoms with Crippen molar-refractivity contribution in [2.24, 2.45) is 0 Å².